The molecule has 1 unspecified atom stereocenters. The SMILES string of the molecule is Cc1cn2cc(C3=CN4C(=O)C=C(C5=CCN(C)CC5)C(C)CC=C4C=C3)ccc2n1. The van der Waals surface area contributed by atoms with E-state index in [1.807, 2.05) is 35.9 Å². The van der Waals surface area contributed by atoms with E-state index in [0.29, 0.717) is 5.92 Å². The van der Waals surface area contributed by atoms with Crippen LogP contribution in [0.1, 0.15) is 31.0 Å². The van der Waals surface area contributed by atoms with E-state index >= 15 is 0 Å². The average molecular weight is 413 g/mol. The van der Waals surface area contributed by atoms with Crippen LogP contribution in [0.15, 0.2) is 77.9 Å². The molecule has 5 rings (SSSR count). The number of aryl methyl sites for hydroxylation is 1. The van der Waals surface area contributed by atoms with E-state index in [0.717, 1.165) is 54.1 Å². The lowest BCUT2D eigenvalue weighted by Gasteiger charge is -2.30. The van der Waals surface area contributed by atoms with Crippen molar-refractivity contribution >= 4 is 17.1 Å². The van der Waals surface area contributed by atoms with E-state index in [1.165, 1.54) is 11.1 Å². The predicted octanol–water partition coefficient (Wildman–Crippen LogP) is 4.49. The quantitative estimate of drug-likeness (QED) is 0.730. The van der Waals surface area contributed by atoms with Gasteiger partial charge in [-0.15, -0.1) is 0 Å². The fraction of sp³-hybridized carbons (Fsp3) is 0.308. The van der Waals surface area contributed by atoms with Crippen molar-refractivity contribution < 1.29 is 4.79 Å². The summed E-state index contributed by atoms with van der Waals surface area (Å²) in [6.07, 6.45) is 18.5. The molecule has 2 aromatic rings. The van der Waals surface area contributed by atoms with Gasteiger partial charge in [-0.25, -0.2) is 4.98 Å². The first-order valence-corrected chi connectivity index (χ1v) is 11.0. The summed E-state index contributed by atoms with van der Waals surface area (Å²) >= 11 is 0. The molecule has 0 aliphatic carbocycles. The molecule has 31 heavy (non-hydrogen) atoms. The minimum atomic E-state index is 0.0223. The Morgan fingerprint density at radius 1 is 1.13 bits per heavy atom. The topological polar surface area (TPSA) is 40.9 Å². The van der Waals surface area contributed by atoms with E-state index in [-0.39, 0.29) is 5.91 Å². The second-order valence-corrected chi connectivity index (χ2v) is 8.80. The van der Waals surface area contributed by atoms with Crippen LogP contribution in [0.5, 0.6) is 0 Å². The number of pyridine rings is 1. The molecule has 3 aliphatic rings. The predicted molar refractivity (Wildman–Crippen MR) is 124 cm³/mol. The molecule has 5 heteroatoms. The summed E-state index contributed by atoms with van der Waals surface area (Å²) in [6, 6.07) is 4.08. The molecule has 1 atom stereocenters. The number of amides is 1. The molecule has 3 aliphatic heterocycles. The molecule has 0 N–H and O–H groups in total. The number of aromatic nitrogens is 2. The van der Waals surface area contributed by atoms with Gasteiger partial charge in [0.1, 0.15) is 5.65 Å². The monoisotopic (exact) mass is 412 g/mol. The van der Waals surface area contributed by atoms with Crippen molar-refractivity contribution in [1.82, 2.24) is 19.2 Å². The fourth-order valence-corrected chi connectivity index (χ4v) is 4.54. The van der Waals surface area contributed by atoms with Gasteiger partial charge in [-0.1, -0.05) is 25.2 Å². The fourth-order valence-electron chi connectivity index (χ4n) is 4.54. The van der Waals surface area contributed by atoms with E-state index in [2.05, 4.69) is 60.4 Å². The van der Waals surface area contributed by atoms with Gasteiger partial charge in [0.15, 0.2) is 0 Å². The highest BCUT2D eigenvalue weighted by Crippen LogP contribution is 2.33. The van der Waals surface area contributed by atoms with Crippen LogP contribution in [-0.4, -0.2) is 45.2 Å². The molecule has 0 spiro atoms. The summed E-state index contributed by atoms with van der Waals surface area (Å²) < 4.78 is 2.03. The number of imidazole rings is 1. The number of nitrogens with zero attached hydrogens (tertiary/aromatic N) is 4. The minimum Gasteiger partial charge on any atom is -0.306 e. The Kier molecular flexibility index (Phi) is 4.98. The first-order chi connectivity index (χ1) is 15.0. The Morgan fingerprint density at radius 2 is 2.00 bits per heavy atom. The summed E-state index contributed by atoms with van der Waals surface area (Å²) in [4.78, 5) is 21.9. The first-order valence-electron chi connectivity index (χ1n) is 11.0. The molecular weight excluding hydrogens is 384 g/mol. The van der Waals surface area contributed by atoms with Gasteiger partial charge in [0, 0.05) is 43.5 Å². The van der Waals surface area contributed by atoms with E-state index in [1.54, 1.807) is 4.90 Å². The summed E-state index contributed by atoms with van der Waals surface area (Å²) in [5, 5.41) is 0. The number of fused-ring (bicyclic) bond motifs is 2. The molecule has 5 nitrogen and oxygen atoms in total. The average Bonchev–Trinajstić information content (AvgIpc) is 3.14. The number of hydrogen-bond acceptors (Lipinski definition) is 3. The summed E-state index contributed by atoms with van der Waals surface area (Å²) in [6.45, 7) is 6.20. The van der Waals surface area contributed by atoms with Crippen molar-refractivity contribution in [3.63, 3.8) is 0 Å². The van der Waals surface area contributed by atoms with Crippen LogP contribution in [0.4, 0.5) is 0 Å². The van der Waals surface area contributed by atoms with Crippen LogP contribution in [0, 0.1) is 12.8 Å². The number of carbonyl (C=O) groups excluding carboxylic acids is 1. The zero-order valence-electron chi connectivity index (χ0n) is 18.4. The largest absolute Gasteiger partial charge is 0.306 e. The lowest BCUT2D eigenvalue weighted by Crippen LogP contribution is -2.29. The van der Waals surface area contributed by atoms with Crippen LogP contribution in [-0.2, 0) is 4.79 Å². The van der Waals surface area contributed by atoms with Gasteiger partial charge < -0.3 is 9.30 Å². The maximum Gasteiger partial charge on any atom is 0.255 e. The zero-order chi connectivity index (χ0) is 21.5. The molecular formula is C26H28N4O. The normalized spacial score (nSPS) is 22.4. The highest BCUT2D eigenvalue weighted by Gasteiger charge is 2.24. The maximum absolute atomic E-state index is 13.3. The molecule has 0 saturated heterocycles. The maximum atomic E-state index is 13.3. The van der Waals surface area contributed by atoms with Gasteiger partial charge in [0.2, 0.25) is 0 Å². The van der Waals surface area contributed by atoms with Gasteiger partial charge >= 0.3 is 0 Å². The Labute approximate surface area is 183 Å². The first kappa shape index (κ1) is 19.8. The Balaban J connectivity index is 1.49. The number of rotatable bonds is 2. The van der Waals surface area contributed by atoms with Crippen molar-refractivity contribution in [3.05, 3.63) is 89.2 Å². The van der Waals surface area contributed by atoms with Crippen LogP contribution >= 0.6 is 0 Å². The Morgan fingerprint density at radius 3 is 2.81 bits per heavy atom. The Bertz CT molecular complexity index is 1210. The highest BCUT2D eigenvalue weighted by atomic mass is 16.2. The molecule has 0 radical (unpaired) electrons. The number of likely N-dealkylation sites (N-methyl/N-ethyl adjacent to an activating group) is 1. The standard InChI is InChI=1S/C26H28N4O/c1-18-4-7-23-8-5-22(21-6-9-25-27-19(2)15-29(25)16-21)17-30(23)26(31)14-24(18)20-10-12-28(3)13-11-20/h5-10,14-18H,4,11-13H2,1-3H3. The number of allylic oxidation sites excluding steroid dienone is 5. The van der Waals surface area contributed by atoms with Crippen LogP contribution in [0.2, 0.25) is 0 Å². The molecule has 0 aromatic carbocycles. The summed E-state index contributed by atoms with van der Waals surface area (Å²) in [5.41, 5.74) is 7.46. The van der Waals surface area contributed by atoms with Crippen LogP contribution in [0.25, 0.3) is 11.2 Å². The van der Waals surface area contributed by atoms with Gasteiger partial charge in [0.25, 0.3) is 5.91 Å². The zero-order valence-corrected chi connectivity index (χ0v) is 18.4. The van der Waals surface area contributed by atoms with E-state index < -0.39 is 0 Å². The van der Waals surface area contributed by atoms with Crippen molar-refractivity contribution in [2.75, 3.05) is 20.1 Å². The molecule has 0 bridgehead atoms. The van der Waals surface area contributed by atoms with Crippen molar-refractivity contribution in [2.24, 2.45) is 5.92 Å². The third-order valence-electron chi connectivity index (χ3n) is 6.40. The minimum absolute atomic E-state index is 0.0223. The molecule has 2 aromatic heterocycles. The Hall–Kier alpha value is -3.18. The van der Waals surface area contributed by atoms with Gasteiger partial charge in [-0.2, -0.15) is 0 Å². The molecule has 158 valence electrons. The number of carbonyl (C=O) groups is 1. The van der Waals surface area contributed by atoms with Gasteiger partial charge in [-0.05, 0) is 73.2 Å². The number of hydrogen-bond donors (Lipinski definition) is 0. The van der Waals surface area contributed by atoms with E-state index in [4.69, 9.17) is 0 Å². The lowest BCUT2D eigenvalue weighted by atomic mass is 9.86. The van der Waals surface area contributed by atoms with Crippen molar-refractivity contribution in [1.29, 1.82) is 0 Å². The summed E-state index contributed by atoms with van der Waals surface area (Å²) in [7, 11) is 2.14. The third-order valence-corrected chi connectivity index (χ3v) is 6.40. The second-order valence-electron chi connectivity index (χ2n) is 8.80. The smallest absolute Gasteiger partial charge is 0.255 e. The van der Waals surface area contributed by atoms with E-state index in [9.17, 15) is 4.79 Å². The van der Waals surface area contributed by atoms with Crippen LogP contribution < -0.4 is 0 Å². The van der Waals surface area contributed by atoms with Gasteiger partial charge in [-0.3, -0.25) is 9.69 Å². The second kappa shape index (κ2) is 7.82. The van der Waals surface area contributed by atoms with Crippen molar-refractivity contribution in [2.45, 2.75) is 26.7 Å². The third kappa shape index (κ3) is 3.81. The molecule has 0 saturated carbocycles. The highest BCUT2D eigenvalue weighted by molar-refractivity contribution is 5.94. The van der Waals surface area contributed by atoms with Gasteiger partial charge in [0.05, 0.1) is 5.69 Å². The van der Waals surface area contributed by atoms with Crippen LogP contribution in [0.3, 0.4) is 0 Å². The summed E-state index contributed by atoms with van der Waals surface area (Å²) in [5.74, 6) is 0.355. The molecule has 0 fully saturated rings. The lowest BCUT2D eigenvalue weighted by molar-refractivity contribution is -0.122. The van der Waals surface area contributed by atoms with Crippen molar-refractivity contribution in [3.8, 4) is 0 Å². The molecule has 5 heterocycles. The molecule has 1 amide bonds.